The Morgan fingerprint density at radius 2 is 0.818 bits per heavy atom. The minimum absolute atomic E-state index is 0.0304. The molecule has 16 heteroatoms. The van der Waals surface area contributed by atoms with Crippen molar-refractivity contribution in [1.82, 2.24) is 41.7 Å². The van der Waals surface area contributed by atoms with Gasteiger partial charge in [-0.2, -0.15) is 0 Å². The van der Waals surface area contributed by atoms with E-state index in [1.54, 1.807) is 0 Å². The molecule has 2 aliphatic heterocycles. The average molecular weight is 1180 g/mol. The van der Waals surface area contributed by atoms with Crippen LogP contribution in [-0.4, -0.2) is 109 Å². The van der Waals surface area contributed by atoms with Gasteiger partial charge in [-0.15, -0.1) is 0 Å². The molecule has 10 rings (SSSR count). The zero-order valence-electron chi connectivity index (χ0n) is 49.8. The molecule has 0 aliphatic carbocycles. The van der Waals surface area contributed by atoms with Crippen molar-refractivity contribution in [3.63, 3.8) is 0 Å². The van der Waals surface area contributed by atoms with E-state index in [-0.39, 0.29) is 66.1 Å². The number of fused-ring (bicyclic) bond motifs is 1. The molecule has 12 N–H and O–H groups in total. The lowest BCUT2D eigenvalue weighted by atomic mass is 9.96. The second-order valence-electron chi connectivity index (χ2n) is 22.6. The Morgan fingerprint density at radius 1 is 0.455 bits per heavy atom. The number of carbonyl (C=O) groups excluding carboxylic acids is 4. The molecule has 0 saturated carbocycles. The molecule has 454 valence electrons. The number of nitrogens with one attached hydrogen (secondary N) is 8. The highest BCUT2D eigenvalue weighted by Gasteiger charge is 2.37. The van der Waals surface area contributed by atoms with Crippen LogP contribution in [0.3, 0.4) is 0 Å². The third kappa shape index (κ3) is 18.2. The third-order valence-corrected chi connectivity index (χ3v) is 16.2. The normalized spacial score (nSPS) is 16.8. The van der Waals surface area contributed by atoms with Crippen LogP contribution in [0.5, 0.6) is 0 Å². The smallest absolute Gasteiger partial charge is 0.240 e. The van der Waals surface area contributed by atoms with E-state index >= 15 is 0 Å². The molecule has 4 amide bonds. The molecule has 0 bridgehead atoms. The van der Waals surface area contributed by atoms with Gasteiger partial charge >= 0.3 is 0 Å². The van der Waals surface area contributed by atoms with Gasteiger partial charge < -0.3 is 53.2 Å². The van der Waals surface area contributed by atoms with Crippen molar-refractivity contribution >= 4 is 46.3 Å². The van der Waals surface area contributed by atoms with Crippen molar-refractivity contribution in [1.29, 1.82) is 10.8 Å². The number of amides is 4. The maximum atomic E-state index is 14.2. The van der Waals surface area contributed by atoms with Crippen molar-refractivity contribution in [2.45, 2.75) is 87.6 Å². The van der Waals surface area contributed by atoms with E-state index in [2.05, 4.69) is 111 Å². The first-order valence-electron chi connectivity index (χ1n) is 30.6. The molecule has 2 saturated heterocycles. The van der Waals surface area contributed by atoms with Crippen LogP contribution in [-0.2, 0) is 32.0 Å². The highest BCUT2D eigenvalue weighted by molar-refractivity contribution is 5.86. The SMILES string of the molecule is N=C(N)NCCC[C@H]1N[C@@H](CNC(=O)Cc2ccc(-c3ccccc3)cc2)CCN(C(c2ccccc2)c2ccccc2)C1=O.N=C(N)NCCC[C@H]1N[C@@H](CNC(=O)Cc2ccc3ccccc3c2)CCN(C(c2ccccc2)c2ccccc2)C1=O. The lowest BCUT2D eigenvalue weighted by Crippen LogP contribution is -2.49. The molecule has 88 heavy (non-hydrogen) atoms. The van der Waals surface area contributed by atoms with E-state index in [0.717, 1.165) is 55.3 Å². The molecule has 0 spiro atoms. The van der Waals surface area contributed by atoms with E-state index in [9.17, 15) is 19.2 Å². The minimum atomic E-state index is -0.441. The summed E-state index contributed by atoms with van der Waals surface area (Å²) in [7, 11) is 0. The molecule has 8 aromatic rings. The summed E-state index contributed by atoms with van der Waals surface area (Å²) < 4.78 is 0. The molecular formula is C72H82N12O4. The summed E-state index contributed by atoms with van der Waals surface area (Å²) in [4.78, 5) is 58.3. The predicted octanol–water partition coefficient (Wildman–Crippen LogP) is 8.73. The number of nitrogens with two attached hydrogens (primary N) is 2. The molecule has 2 fully saturated rings. The van der Waals surface area contributed by atoms with E-state index in [1.807, 2.05) is 149 Å². The first kappa shape index (κ1) is 62.9. The first-order chi connectivity index (χ1) is 42.9. The maximum absolute atomic E-state index is 14.2. The summed E-state index contributed by atoms with van der Waals surface area (Å²) in [5.74, 6) is -0.195. The lowest BCUT2D eigenvalue weighted by molar-refractivity contribution is -0.135. The van der Waals surface area contributed by atoms with Gasteiger partial charge in [0.2, 0.25) is 23.6 Å². The van der Waals surface area contributed by atoms with Crippen molar-refractivity contribution in [2.75, 3.05) is 39.3 Å². The molecule has 0 aromatic heterocycles. The molecule has 2 heterocycles. The molecule has 2 aliphatic rings. The van der Waals surface area contributed by atoms with Crippen LogP contribution in [0, 0.1) is 10.8 Å². The summed E-state index contributed by atoms with van der Waals surface area (Å²) in [6.07, 6.45) is 4.45. The summed E-state index contributed by atoms with van der Waals surface area (Å²) in [6.45, 7) is 2.96. The monoisotopic (exact) mass is 1180 g/mol. The number of rotatable bonds is 23. The topological polar surface area (TPSA) is 247 Å². The van der Waals surface area contributed by atoms with Crippen molar-refractivity contribution in [2.24, 2.45) is 11.5 Å². The molecular weight excluding hydrogens is 1100 g/mol. The number of carbonyl (C=O) groups is 4. The Hall–Kier alpha value is -9.64. The largest absolute Gasteiger partial charge is 0.370 e. The van der Waals surface area contributed by atoms with E-state index in [0.29, 0.717) is 84.2 Å². The van der Waals surface area contributed by atoms with E-state index in [4.69, 9.17) is 22.3 Å². The van der Waals surface area contributed by atoms with E-state index < -0.39 is 12.1 Å². The van der Waals surface area contributed by atoms with Gasteiger partial charge in [0, 0.05) is 51.4 Å². The Bertz CT molecular complexity index is 3450. The third-order valence-electron chi connectivity index (χ3n) is 16.2. The number of hydrogen-bond acceptors (Lipinski definition) is 8. The fourth-order valence-corrected chi connectivity index (χ4v) is 11.8. The molecule has 4 atom stereocenters. The quantitative estimate of drug-likeness (QED) is 0.0166. The Labute approximate surface area is 516 Å². The number of guanidine groups is 2. The van der Waals surface area contributed by atoms with Crippen LogP contribution in [0.4, 0.5) is 0 Å². The van der Waals surface area contributed by atoms with Crippen molar-refractivity contribution in [3.05, 3.63) is 252 Å². The molecule has 16 nitrogen and oxygen atoms in total. The van der Waals surface area contributed by atoms with Crippen LogP contribution < -0.4 is 43.4 Å². The van der Waals surface area contributed by atoms with Crippen molar-refractivity contribution in [3.8, 4) is 11.1 Å². The van der Waals surface area contributed by atoms with Crippen LogP contribution >= 0.6 is 0 Å². The van der Waals surface area contributed by atoms with Gasteiger partial charge in [0.1, 0.15) is 0 Å². The second kappa shape index (κ2) is 32.2. The average Bonchev–Trinajstić information content (AvgIpc) is 2.24. The highest BCUT2D eigenvalue weighted by atomic mass is 16.2. The summed E-state index contributed by atoms with van der Waals surface area (Å²) in [5, 5.41) is 36.2. The maximum Gasteiger partial charge on any atom is 0.240 e. The standard InChI is InChI=1S/C37H42N6O2.C35H40N6O2/c38-37(39)40-23-10-17-33-36(45)43(35(30-13-6-2-7-14-30)31-15-8-3-9-16-31)24-22-32(42-33)26-41-34(44)25-27-18-20-29(21-19-27)28-11-4-1-5-12-28;36-35(37)38-20-9-16-31-34(43)41(33(27-11-3-1-4-12-27)28-13-5-2-6-14-28)21-19-30(40-31)24-39-32(42)23-25-17-18-26-10-7-8-15-29(26)22-25/h1-9,11-16,18-21,32-33,35,42H,10,17,22-26H2,(H,41,44)(H4,38,39,40);1-8,10-15,17-18,22,30-31,33,40H,9,16,19-21,23-24H2,(H,39,42)(H4,36,37,38)/t32-,33-;30-,31-/m11/s1. The zero-order chi connectivity index (χ0) is 61.5. The van der Waals surface area contributed by atoms with Crippen LogP contribution in [0.25, 0.3) is 21.9 Å². The van der Waals surface area contributed by atoms with Gasteiger partial charge in [-0.1, -0.05) is 218 Å². The molecule has 0 unspecified atom stereocenters. The minimum Gasteiger partial charge on any atom is -0.370 e. The number of hydrogen-bond donors (Lipinski definition) is 10. The fraction of sp³-hybridized carbons (Fsp3) is 0.278. The summed E-state index contributed by atoms with van der Waals surface area (Å²) >= 11 is 0. The summed E-state index contributed by atoms with van der Waals surface area (Å²) in [5.41, 5.74) is 19.3. The van der Waals surface area contributed by atoms with Gasteiger partial charge in [-0.05, 0) is 93.8 Å². The van der Waals surface area contributed by atoms with Gasteiger partial charge in [-0.25, -0.2) is 0 Å². The second-order valence-corrected chi connectivity index (χ2v) is 22.6. The zero-order valence-corrected chi connectivity index (χ0v) is 49.8. The molecule has 8 aromatic carbocycles. The van der Waals surface area contributed by atoms with Gasteiger partial charge in [0.25, 0.3) is 0 Å². The first-order valence-corrected chi connectivity index (χ1v) is 30.6. The van der Waals surface area contributed by atoms with Gasteiger partial charge in [-0.3, -0.25) is 30.0 Å². The van der Waals surface area contributed by atoms with Gasteiger partial charge in [0.05, 0.1) is 37.0 Å². The van der Waals surface area contributed by atoms with Gasteiger partial charge in [0.15, 0.2) is 11.9 Å². The van der Waals surface area contributed by atoms with Crippen LogP contribution in [0.1, 0.15) is 84.0 Å². The highest BCUT2D eigenvalue weighted by Crippen LogP contribution is 2.33. The predicted molar refractivity (Wildman–Crippen MR) is 351 cm³/mol. The lowest BCUT2D eigenvalue weighted by Gasteiger charge is -2.33. The van der Waals surface area contributed by atoms with E-state index in [1.165, 1.54) is 0 Å². The fourth-order valence-electron chi connectivity index (χ4n) is 11.8. The Kier molecular flexibility index (Phi) is 23.0. The van der Waals surface area contributed by atoms with Crippen molar-refractivity contribution < 1.29 is 19.2 Å². The van der Waals surface area contributed by atoms with Crippen LogP contribution in [0.2, 0.25) is 0 Å². The summed E-state index contributed by atoms with van der Waals surface area (Å²) in [6, 6.07) is 71.5. The number of nitrogens with zero attached hydrogens (tertiary/aromatic N) is 2. The Morgan fingerprint density at radius 3 is 1.24 bits per heavy atom. The number of benzene rings is 8. The molecule has 0 radical (unpaired) electrons. The van der Waals surface area contributed by atoms with Crippen LogP contribution in [0.15, 0.2) is 218 Å². The Balaban J connectivity index is 0.000000210.